The van der Waals surface area contributed by atoms with Crippen LogP contribution in [0.4, 0.5) is 0 Å². The lowest BCUT2D eigenvalue weighted by molar-refractivity contribution is -0.130. The van der Waals surface area contributed by atoms with Gasteiger partial charge in [-0.05, 0) is 12.1 Å². The summed E-state index contributed by atoms with van der Waals surface area (Å²) < 4.78 is 9.91. The summed E-state index contributed by atoms with van der Waals surface area (Å²) >= 11 is 0. The van der Waals surface area contributed by atoms with Crippen molar-refractivity contribution < 1.29 is 13.9 Å². The van der Waals surface area contributed by atoms with Crippen molar-refractivity contribution in [2.24, 2.45) is 5.73 Å². The van der Waals surface area contributed by atoms with Crippen LogP contribution in [-0.4, -0.2) is 25.7 Å². The minimum Gasteiger partial charge on any atom is -0.467 e. The first kappa shape index (κ1) is 10.7. The van der Waals surface area contributed by atoms with E-state index in [9.17, 15) is 4.79 Å². The molecule has 78 valence electrons. The van der Waals surface area contributed by atoms with Crippen LogP contribution in [0.1, 0.15) is 5.76 Å². The monoisotopic (exact) mass is 198 g/mol. The van der Waals surface area contributed by atoms with Crippen molar-refractivity contribution in [1.82, 2.24) is 5.32 Å². The average molecular weight is 198 g/mol. The van der Waals surface area contributed by atoms with Crippen LogP contribution < -0.4 is 11.1 Å². The lowest BCUT2D eigenvalue weighted by Crippen LogP contribution is -2.40. The van der Waals surface area contributed by atoms with Crippen molar-refractivity contribution in [2.75, 3.05) is 13.7 Å². The van der Waals surface area contributed by atoms with Gasteiger partial charge in [0.1, 0.15) is 11.9 Å². The molecule has 0 spiro atoms. The number of methoxy groups -OCH3 is 1. The van der Waals surface area contributed by atoms with Crippen molar-refractivity contribution in [3.05, 3.63) is 24.2 Å². The third-order valence-corrected chi connectivity index (χ3v) is 1.81. The zero-order valence-corrected chi connectivity index (χ0v) is 8.03. The van der Waals surface area contributed by atoms with Gasteiger partial charge in [-0.1, -0.05) is 0 Å². The molecule has 5 nitrogen and oxygen atoms in total. The summed E-state index contributed by atoms with van der Waals surface area (Å²) in [5.41, 5.74) is 5.32. The molecule has 1 amide bonds. The molecule has 1 aromatic rings. The third-order valence-electron chi connectivity index (χ3n) is 1.81. The van der Waals surface area contributed by atoms with Crippen LogP contribution in [0.25, 0.3) is 0 Å². The third kappa shape index (κ3) is 2.86. The molecule has 1 rings (SSSR count). The molecular weight excluding hydrogens is 184 g/mol. The number of hydrogen-bond donors (Lipinski definition) is 2. The van der Waals surface area contributed by atoms with E-state index in [0.717, 1.165) is 0 Å². The van der Waals surface area contributed by atoms with E-state index in [1.807, 2.05) is 0 Å². The number of nitrogens with one attached hydrogen (secondary N) is 1. The molecule has 0 aliphatic carbocycles. The van der Waals surface area contributed by atoms with Gasteiger partial charge < -0.3 is 20.2 Å². The second kappa shape index (κ2) is 5.41. The molecule has 0 radical (unpaired) electrons. The molecule has 5 heteroatoms. The molecule has 1 heterocycles. The first-order valence-electron chi connectivity index (χ1n) is 4.31. The molecular formula is C9H14N2O3. The Morgan fingerprint density at radius 2 is 2.57 bits per heavy atom. The number of ether oxygens (including phenoxy) is 1. The second-order valence-electron chi connectivity index (χ2n) is 2.76. The summed E-state index contributed by atoms with van der Waals surface area (Å²) in [5, 5.41) is 2.65. The van der Waals surface area contributed by atoms with Crippen molar-refractivity contribution in [2.45, 2.75) is 12.6 Å². The van der Waals surface area contributed by atoms with Gasteiger partial charge in [0.05, 0.1) is 12.8 Å². The highest BCUT2D eigenvalue weighted by Gasteiger charge is 2.14. The van der Waals surface area contributed by atoms with Crippen molar-refractivity contribution >= 4 is 5.91 Å². The van der Waals surface area contributed by atoms with Crippen LogP contribution in [0.2, 0.25) is 0 Å². The van der Waals surface area contributed by atoms with E-state index in [1.165, 1.54) is 7.11 Å². The first-order chi connectivity index (χ1) is 6.77. The van der Waals surface area contributed by atoms with Gasteiger partial charge >= 0.3 is 0 Å². The van der Waals surface area contributed by atoms with Crippen molar-refractivity contribution in [1.29, 1.82) is 0 Å². The topological polar surface area (TPSA) is 77.5 Å². The largest absolute Gasteiger partial charge is 0.467 e. The smallest absolute Gasteiger partial charge is 0.250 e. The van der Waals surface area contributed by atoms with Crippen LogP contribution >= 0.6 is 0 Å². The van der Waals surface area contributed by atoms with E-state index in [1.54, 1.807) is 18.4 Å². The zero-order valence-electron chi connectivity index (χ0n) is 8.03. The maximum absolute atomic E-state index is 11.3. The summed E-state index contributed by atoms with van der Waals surface area (Å²) in [4.78, 5) is 11.3. The summed E-state index contributed by atoms with van der Waals surface area (Å²) in [6.45, 7) is 0.520. The number of rotatable bonds is 5. The summed E-state index contributed by atoms with van der Waals surface area (Å²) in [6.07, 6.45) is 0.961. The molecule has 0 aliphatic rings. The van der Waals surface area contributed by atoms with E-state index in [4.69, 9.17) is 14.9 Å². The number of hydrogen-bond acceptors (Lipinski definition) is 4. The van der Waals surface area contributed by atoms with Gasteiger partial charge in [-0.15, -0.1) is 0 Å². The Labute approximate surface area is 82.2 Å². The molecule has 1 atom stereocenters. The first-order valence-corrected chi connectivity index (χ1v) is 4.31. The van der Waals surface area contributed by atoms with Gasteiger partial charge in [-0.3, -0.25) is 4.79 Å². The Morgan fingerprint density at radius 3 is 3.07 bits per heavy atom. The molecule has 0 fully saturated rings. The lowest BCUT2D eigenvalue weighted by atomic mass is 10.3. The standard InChI is InChI=1S/C9H14N2O3/c1-13-8(5-10)9(12)11-6-7-3-2-4-14-7/h2-4,8H,5-6,10H2,1H3,(H,11,12). The van der Waals surface area contributed by atoms with E-state index in [0.29, 0.717) is 12.3 Å². The Hall–Kier alpha value is -1.33. The fourth-order valence-corrected chi connectivity index (χ4v) is 1.01. The minimum absolute atomic E-state index is 0.167. The molecule has 3 N–H and O–H groups in total. The van der Waals surface area contributed by atoms with Gasteiger partial charge in [0, 0.05) is 13.7 Å². The average Bonchev–Trinajstić information content (AvgIpc) is 2.69. The number of nitrogens with two attached hydrogens (primary N) is 1. The molecule has 0 bridgehead atoms. The van der Waals surface area contributed by atoms with E-state index in [-0.39, 0.29) is 12.5 Å². The predicted molar refractivity (Wildman–Crippen MR) is 50.4 cm³/mol. The minimum atomic E-state index is -0.593. The Bertz CT molecular complexity index is 268. The van der Waals surface area contributed by atoms with E-state index < -0.39 is 6.10 Å². The molecule has 0 aliphatic heterocycles. The van der Waals surface area contributed by atoms with Crippen molar-refractivity contribution in [3.63, 3.8) is 0 Å². The fraction of sp³-hybridized carbons (Fsp3) is 0.444. The Balaban J connectivity index is 2.34. The lowest BCUT2D eigenvalue weighted by Gasteiger charge is -2.11. The summed E-state index contributed by atoms with van der Waals surface area (Å²) in [6, 6.07) is 3.54. The quantitative estimate of drug-likeness (QED) is 0.690. The maximum atomic E-state index is 11.3. The van der Waals surface area contributed by atoms with Gasteiger partial charge in [0.15, 0.2) is 0 Å². The van der Waals surface area contributed by atoms with Crippen LogP contribution in [-0.2, 0) is 16.1 Å². The second-order valence-corrected chi connectivity index (χ2v) is 2.76. The van der Waals surface area contributed by atoms with Crippen LogP contribution in [0.3, 0.4) is 0 Å². The van der Waals surface area contributed by atoms with Crippen LogP contribution in [0.15, 0.2) is 22.8 Å². The molecule has 1 unspecified atom stereocenters. The highest BCUT2D eigenvalue weighted by Crippen LogP contribution is 1.99. The van der Waals surface area contributed by atoms with Gasteiger partial charge in [-0.2, -0.15) is 0 Å². The Kier molecular flexibility index (Phi) is 4.15. The predicted octanol–water partition coefficient (Wildman–Crippen LogP) is -0.130. The number of furan rings is 1. The molecule has 1 aromatic heterocycles. The fourth-order valence-electron chi connectivity index (χ4n) is 1.01. The number of amides is 1. The highest BCUT2D eigenvalue weighted by molar-refractivity contribution is 5.80. The van der Waals surface area contributed by atoms with E-state index in [2.05, 4.69) is 5.32 Å². The normalized spacial score (nSPS) is 12.4. The van der Waals surface area contributed by atoms with Crippen LogP contribution in [0.5, 0.6) is 0 Å². The molecule has 0 aromatic carbocycles. The maximum Gasteiger partial charge on any atom is 0.250 e. The Morgan fingerprint density at radius 1 is 1.79 bits per heavy atom. The molecule has 14 heavy (non-hydrogen) atoms. The SMILES string of the molecule is COC(CN)C(=O)NCc1ccco1. The van der Waals surface area contributed by atoms with Crippen molar-refractivity contribution in [3.8, 4) is 0 Å². The van der Waals surface area contributed by atoms with Gasteiger partial charge in [0.2, 0.25) is 0 Å². The zero-order chi connectivity index (χ0) is 10.4. The van der Waals surface area contributed by atoms with Gasteiger partial charge in [-0.25, -0.2) is 0 Å². The number of carbonyl (C=O) groups is 1. The summed E-state index contributed by atoms with van der Waals surface area (Å²) in [5.74, 6) is 0.469. The van der Waals surface area contributed by atoms with E-state index >= 15 is 0 Å². The summed E-state index contributed by atoms with van der Waals surface area (Å²) in [7, 11) is 1.45. The van der Waals surface area contributed by atoms with Crippen LogP contribution in [0, 0.1) is 0 Å². The molecule has 0 saturated heterocycles. The highest BCUT2D eigenvalue weighted by atomic mass is 16.5. The number of carbonyl (C=O) groups excluding carboxylic acids is 1. The van der Waals surface area contributed by atoms with Gasteiger partial charge in [0.25, 0.3) is 5.91 Å². The molecule has 0 saturated carbocycles.